The summed E-state index contributed by atoms with van der Waals surface area (Å²) >= 11 is 0. The van der Waals surface area contributed by atoms with Crippen molar-refractivity contribution < 1.29 is 18.7 Å². The second-order valence-electron chi connectivity index (χ2n) is 12.6. The Morgan fingerprint density at radius 2 is 1.41 bits per heavy atom. The van der Waals surface area contributed by atoms with Crippen LogP contribution in [-0.2, 0) is 13.9 Å². The van der Waals surface area contributed by atoms with Gasteiger partial charge in [0.1, 0.15) is 12.2 Å². The van der Waals surface area contributed by atoms with E-state index in [9.17, 15) is 4.79 Å². The van der Waals surface area contributed by atoms with Crippen molar-refractivity contribution in [3.63, 3.8) is 0 Å². The predicted octanol–water partition coefficient (Wildman–Crippen LogP) is 5.94. The van der Waals surface area contributed by atoms with Crippen LogP contribution in [0.15, 0.2) is 104 Å². The van der Waals surface area contributed by atoms with E-state index >= 15 is 0 Å². The van der Waals surface area contributed by atoms with Crippen molar-refractivity contribution in [2.24, 2.45) is 0 Å². The molecule has 2 aliphatic heterocycles. The Morgan fingerprint density at radius 1 is 0.902 bits per heavy atom. The summed E-state index contributed by atoms with van der Waals surface area (Å²) in [5, 5.41) is 2.44. The lowest BCUT2D eigenvalue weighted by Gasteiger charge is -2.43. The third-order valence-electron chi connectivity index (χ3n) is 8.43. The van der Waals surface area contributed by atoms with Crippen molar-refractivity contribution in [2.75, 3.05) is 6.61 Å². The Kier molecular flexibility index (Phi) is 8.40. The quantitative estimate of drug-likeness (QED) is 0.182. The Labute approximate surface area is 246 Å². The van der Waals surface area contributed by atoms with E-state index in [2.05, 4.69) is 88.0 Å². The number of nitrogens with zero attached hydrogens (tertiary/aromatic N) is 1. The Balaban J connectivity index is 1.42. The van der Waals surface area contributed by atoms with Gasteiger partial charge in [-0.05, 0) is 54.2 Å². The van der Waals surface area contributed by atoms with E-state index in [-0.39, 0.29) is 35.2 Å². The summed E-state index contributed by atoms with van der Waals surface area (Å²) in [6.07, 6.45) is 2.88. The maximum absolute atomic E-state index is 13.9. The number of benzene rings is 3. The van der Waals surface area contributed by atoms with Crippen molar-refractivity contribution in [2.45, 2.75) is 82.6 Å². The zero-order valence-electron chi connectivity index (χ0n) is 25.0. The third-order valence-corrected chi connectivity index (χ3v) is 13.5. The van der Waals surface area contributed by atoms with E-state index in [1.54, 1.807) is 0 Å². The average Bonchev–Trinajstić information content (AvgIpc) is 3.43. The maximum Gasteiger partial charge on any atom is 0.261 e. The molecule has 0 bridgehead atoms. The highest BCUT2D eigenvalue weighted by Crippen LogP contribution is 2.43. The first-order valence-electron chi connectivity index (χ1n) is 14.7. The van der Waals surface area contributed by atoms with Crippen LogP contribution in [0.3, 0.4) is 0 Å². The molecule has 0 unspecified atom stereocenters. The van der Waals surface area contributed by atoms with Gasteiger partial charge in [-0.15, -0.1) is 6.58 Å². The molecule has 3 aromatic carbocycles. The van der Waals surface area contributed by atoms with Gasteiger partial charge in [0.15, 0.2) is 5.79 Å². The lowest BCUT2D eigenvalue weighted by atomic mass is 10.0. The summed E-state index contributed by atoms with van der Waals surface area (Å²) in [5.74, 6) is -0.727. The molecule has 2 fully saturated rings. The molecule has 0 saturated carbocycles. The molecular formula is C35H43NO4Si. The Hall–Kier alpha value is -3.03. The highest BCUT2D eigenvalue weighted by molar-refractivity contribution is 6.99. The van der Waals surface area contributed by atoms with E-state index in [0.29, 0.717) is 12.2 Å². The van der Waals surface area contributed by atoms with Crippen molar-refractivity contribution in [1.29, 1.82) is 0 Å². The monoisotopic (exact) mass is 569 g/mol. The molecule has 216 valence electrons. The lowest BCUT2D eigenvalue weighted by molar-refractivity contribution is -0.163. The first-order valence-corrected chi connectivity index (χ1v) is 16.6. The first-order chi connectivity index (χ1) is 19.6. The van der Waals surface area contributed by atoms with E-state index < -0.39 is 14.1 Å². The van der Waals surface area contributed by atoms with Crippen molar-refractivity contribution >= 4 is 24.6 Å². The normalized spacial score (nSPS) is 23.8. The second kappa shape index (κ2) is 11.7. The molecule has 41 heavy (non-hydrogen) atoms. The molecule has 0 N–H and O–H groups in total. The number of amides is 1. The largest absolute Gasteiger partial charge is 0.407 e. The SMILES string of the molecule is C=C[C@@H]1[C@@H]2OC(C)(C)O[C@@H]2[C@@H](CCCO[Si](c2ccccc2)(c2ccccc2)C(C)(C)C)N1C(=O)c1ccccc1. The topological polar surface area (TPSA) is 48.0 Å². The van der Waals surface area contributed by atoms with Crippen LogP contribution < -0.4 is 10.4 Å². The van der Waals surface area contributed by atoms with E-state index in [1.165, 1.54) is 10.4 Å². The van der Waals surface area contributed by atoms with Crippen LogP contribution in [0.25, 0.3) is 0 Å². The molecule has 0 aliphatic carbocycles. The van der Waals surface area contributed by atoms with Gasteiger partial charge >= 0.3 is 0 Å². The van der Waals surface area contributed by atoms with Crippen LogP contribution >= 0.6 is 0 Å². The average molecular weight is 570 g/mol. The van der Waals surface area contributed by atoms with Gasteiger partial charge < -0.3 is 18.8 Å². The van der Waals surface area contributed by atoms with Gasteiger partial charge in [0, 0.05) is 12.2 Å². The van der Waals surface area contributed by atoms with E-state index in [0.717, 1.165) is 12.8 Å². The first kappa shape index (κ1) is 29.5. The molecular weight excluding hydrogens is 526 g/mol. The number of fused-ring (bicyclic) bond motifs is 1. The Morgan fingerprint density at radius 3 is 1.93 bits per heavy atom. The molecule has 2 heterocycles. The molecule has 2 aliphatic rings. The van der Waals surface area contributed by atoms with Crippen LogP contribution in [0, 0.1) is 0 Å². The van der Waals surface area contributed by atoms with Crippen molar-refractivity contribution in [1.82, 2.24) is 4.90 Å². The summed E-state index contributed by atoms with van der Waals surface area (Å²) in [4.78, 5) is 15.8. The minimum atomic E-state index is -2.64. The second-order valence-corrected chi connectivity index (χ2v) is 16.9. The van der Waals surface area contributed by atoms with Crippen LogP contribution in [0.2, 0.25) is 5.04 Å². The predicted molar refractivity (Wildman–Crippen MR) is 167 cm³/mol. The number of rotatable bonds is 9. The number of carbonyl (C=O) groups is 1. The summed E-state index contributed by atoms with van der Waals surface area (Å²) in [6, 6.07) is 30.4. The third kappa shape index (κ3) is 5.58. The maximum atomic E-state index is 13.9. The van der Waals surface area contributed by atoms with Gasteiger partial charge in [0.2, 0.25) is 0 Å². The van der Waals surface area contributed by atoms with E-state index in [4.69, 9.17) is 13.9 Å². The number of ether oxygens (including phenoxy) is 2. The highest BCUT2D eigenvalue weighted by Gasteiger charge is 2.58. The van der Waals surface area contributed by atoms with Crippen molar-refractivity contribution in [3.8, 4) is 0 Å². The molecule has 1 amide bonds. The molecule has 0 radical (unpaired) electrons. The highest BCUT2D eigenvalue weighted by atomic mass is 28.4. The summed E-state index contributed by atoms with van der Waals surface area (Å²) < 4.78 is 19.9. The summed E-state index contributed by atoms with van der Waals surface area (Å²) in [5.41, 5.74) is 0.659. The van der Waals surface area contributed by atoms with E-state index in [1.807, 2.05) is 55.2 Å². The lowest BCUT2D eigenvalue weighted by Crippen LogP contribution is -2.66. The fourth-order valence-electron chi connectivity index (χ4n) is 6.76. The minimum absolute atomic E-state index is 0.0205. The zero-order chi connectivity index (χ0) is 29.3. The number of hydrogen-bond donors (Lipinski definition) is 0. The minimum Gasteiger partial charge on any atom is -0.407 e. The molecule has 5 rings (SSSR count). The molecule has 0 aromatic heterocycles. The molecule has 0 spiro atoms. The van der Waals surface area contributed by atoms with Crippen LogP contribution in [0.5, 0.6) is 0 Å². The molecule has 2 saturated heterocycles. The smallest absolute Gasteiger partial charge is 0.261 e. The number of carbonyl (C=O) groups excluding carboxylic acids is 1. The van der Waals surface area contributed by atoms with Gasteiger partial charge in [-0.1, -0.05) is 106 Å². The fourth-order valence-corrected chi connectivity index (χ4v) is 11.4. The van der Waals surface area contributed by atoms with Crippen LogP contribution in [-0.4, -0.2) is 55.8 Å². The summed E-state index contributed by atoms with van der Waals surface area (Å²) in [7, 11) is -2.64. The van der Waals surface area contributed by atoms with Gasteiger partial charge in [0.25, 0.3) is 14.2 Å². The van der Waals surface area contributed by atoms with Gasteiger partial charge in [0.05, 0.1) is 12.1 Å². The Bertz CT molecular complexity index is 1280. The number of likely N-dealkylation sites (tertiary alicyclic amines) is 1. The fraction of sp³-hybridized carbons (Fsp3) is 0.400. The van der Waals surface area contributed by atoms with Gasteiger partial charge in [-0.3, -0.25) is 4.79 Å². The molecule has 3 aromatic rings. The summed E-state index contributed by atoms with van der Waals surface area (Å²) in [6.45, 7) is 15.4. The standard InChI is InChI=1S/C35H43NO4Si/c1-7-29-31-32(40-35(5,6)39-31)30(36(29)33(37)26-18-11-8-12-19-26)24-17-25-38-41(34(2,3)4,27-20-13-9-14-21-27)28-22-15-10-16-23-28/h7-16,18-23,29-32H,1,17,24-25H2,2-6H3/t29-,30-,31+,32-/m1/s1. The molecule has 6 heteroatoms. The molecule has 5 nitrogen and oxygen atoms in total. The zero-order valence-corrected chi connectivity index (χ0v) is 26.0. The van der Waals surface area contributed by atoms with Crippen LogP contribution in [0.1, 0.15) is 57.8 Å². The van der Waals surface area contributed by atoms with Crippen LogP contribution in [0.4, 0.5) is 0 Å². The molecule has 4 atom stereocenters. The van der Waals surface area contributed by atoms with Crippen molar-refractivity contribution in [3.05, 3.63) is 109 Å². The number of hydrogen-bond acceptors (Lipinski definition) is 4. The van der Waals surface area contributed by atoms with Gasteiger partial charge in [-0.2, -0.15) is 0 Å². The van der Waals surface area contributed by atoms with Gasteiger partial charge in [-0.25, -0.2) is 0 Å².